The lowest BCUT2D eigenvalue weighted by Gasteiger charge is -2.08. The van der Waals surface area contributed by atoms with Crippen LogP contribution in [-0.2, 0) is 23.6 Å². The third kappa shape index (κ3) is 3.06. The normalized spacial score (nSPS) is 11.4. The number of nitrogens with one attached hydrogen (secondary N) is 1. The molecule has 2 N–H and O–H groups in total. The van der Waals surface area contributed by atoms with E-state index >= 15 is 0 Å². The van der Waals surface area contributed by atoms with Crippen LogP contribution in [0.2, 0.25) is 0 Å². The van der Waals surface area contributed by atoms with E-state index in [4.69, 9.17) is 5.11 Å². The standard InChI is InChI=1S/C13H14N2O4S/c1-15-7-3-5-11(15)9-14-20(18,19)12-6-2-4-10(8-12)13(16)17/h2-8,14H,9H2,1H3,(H,16,17). The average molecular weight is 294 g/mol. The molecule has 0 unspecified atom stereocenters. The molecule has 0 fully saturated rings. The summed E-state index contributed by atoms with van der Waals surface area (Å²) in [5, 5.41) is 8.87. The molecule has 0 radical (unpaired) electrons. The smallest absolute Gasteiger partial charge is 0.335 e. The Labute approximate surface area is 116 Å². The summed E-state index contributed by atoms with van der Waals surface area (Å²) in [7, 11) is -1.92. The zero-order chi connectivity index (χ0) is 14.8. The Morgan fingerprint density at radius 1 is 1.30 bits per heavy atom. The topological polar surface area (TPSA) is 88.4 Å². The van der Waals surface area contributed by atoms with Crippen LogP contribution in [0.1, 0.15) is 16.1 Å². The highest BCUT2D eigenvalue weighted by atomic mass is 32.2. The van der Waals surface area contributed by atoms with Gasteiger partial charge >= 0.3 is 5.97 Å². The quantitative estimate of drug-likeness (QED) is 0.867. The fourth-order valence-electron chi connectivity index (χ4n) is 1.73. The lowest BCUT2D eigenvalue weighted by atomic mass is 10.2. The van der Waals surface area contributed by atoms with Crippen LogP contribution in [0.3, 0.4) is 0 Å². The van der Waals surface area contributed by atoms with Crippen molar-refractivity contribution in [2.45, 2.75) is 11.4 Å². The van der Waals surface area contributed by atoms with Crippen LogP contribution < -0.4 is 4.72 Å². The third-order valence-electron chi connectivity index (χ3n) is 2.89. The minimum atomic E-state index is -3.74. The lowest BCUT2D eigenvalue weighted by Crippen LogP contribution is -2.24. The molecule has 0 amide bonds. The van der Waals surface area contributed by atoms with Gasteiger partial charge < -0.3 is 9.67 Å². The highest BCUT2D eigenvalue weighted by molar-refractivity contribution is 7.89. The first kappa shape index (κ1) is 14.3. The number of sulfonamides is 1. The molecule has 0 atom stereocenters. The first-order valence-corrected chi connectivity index (χ1v) is 7.32. The Hall–Kier alpha value is -2.12. The molecule has 2 rings (SSSR count). The molecule has 0 spiro atoms. The monoisotopic (exact) mass is 294 g/mol. The number of aromatic nitrogens is 1. The van der Waals surface area contributed by atoms with Crippen molar-refractivity contribution in [3.05, 3.63) is 53.9 Å². The predicted molar refractivity (Wildman–Crippen MR) is 72.8 cm³/mol. The molecule has 1 aromatic carbocycles. The van der Waals surface area contributed by atoms with E-state index in [-0.39, 0.29) is 17.0 Å². The van der Waals surface area contributed by atoms with Gasteiger partial charge in [0.1, 0.15) is 0 Å². The third-order valence-corrected chi connectivity index (χ3v) is 4.28. The summed E-state index contributed by atoms with van der Waals surface area (Å²) in [5.41, 5.74) is 0.745. The van der Waals surface area contributed by atoms with Crippen molar-refractivity contribution in [2.24, 2.45) is 7.05 Å². The van der Waals surface area contributed by atoms with E-state index in [1.807, 2.05) is 19.3 Å². The van der Waals surface area contributed by atoms with Gasteiger partial charge in [-0.1, -0.05) is 6.07 Å². The second kappa shape index (κ2) is 5.48. The van der Waals surface area contributed by atoms with Gasteiger partial charge in [0, 0.05) is 18.9 Å². The number of carboxylic acid groups (broad SMARTS) is 1. The molecule has 0 aliphatic carbocycles. The molecule has 2 aromatic rings. The van der Waals surface area contributed by atoms with E-state index in [1.54, 1.807) is 10.6 Å². The van der Waals surface area contributed by atoms with Gasteiger partial charge in [-0.25, -0.2) is 17.9 Å². The molecule has 1 aromatic heterocycles. The Balaban J connectivity index is 2.20. The van der Waals surface area contributed by atoms with Gasteiger partial charge in [0.25, 0.3) is 0 Å². The molecule has 6 nitrogen and oxygen atoms in total. The lowest BCUT2D eigenvalue weighted by molar-refractivity contribution is 0.0696. The summed E-state index contributed by atoms with van der Waals surface area (Å²) in [4.78, 5) is 10.8. The van der Waals surface area contributed by atoms with E-state index in [0.29, 0.717) is 0 Å². The fourth-order valence-corrected chi connectivity index (χ4v) is 2.77. The van der Waals surface area contributed by atoms with Gasteiger partial charge in [-0.15, -0.1) is 0 Å². The second-order valence-electron chi connectivity index (χ2n) is 4.27. The molecule has 0 aliphatic heterocycles. The number of carboxylic acids is 1. The van der Waals surface area contributed by atoms with E-state index in [1.165, 1.54) is 18.2 Å². The van der Waals surface area contributed by atoms with Crippen LogP contribution in [-0.4, -0.2) is 24.1 Å². The van der Waals surface area contributed by atoms with Crippen LogP contribution in [0.25, 0.3) is 0 Å². The molecule has 0 bridgehead atoms. The number of benzene rings is 1. The summed E-state index contributed by atoms with van der Waals surface area (Å²) in [5.74, 6) is -1.16. The number of nitrogens with zero attached hydrogens (tertiary/aromatic N) is 1. The van der Waals surface area contributed by atoms with Crippen molar-refractivity contribution in [1.29, 1.82) is 0 Å². The molecule has 20 heavy (non-hydrogen) atoms. The van der Waals surface area contributed by atoms with Crippen LogP contribution in [0.15, 0.2) is 47.5 Å². The number of aromatic carboxylic acids is 1. The minimum absolute atomic E-state index is 0.0632. The van der Waals surface area contributed by atoms with Gasteiger partial charge in [-0.2, -0.15) is 0 Å². The minimum Gasteiger partial charge on any atom is -0.478 e. The largest absolute Gasteiger partial charge is 0.478 e. The zero-order valence-corrected chi connectivity index (χ0v) is 11.6. The molecule has 0 aliphatic rings. The zero-order valence-electron chi connectivity index (χ0n) is 10.8. The number of rotatable bonds is 5. The van der Waals surface area contributed by atoms with Crippen molar-refractivity contribution in [3.63, 3.8) is 0 Å². The van der Waals surface area contributed by atoms with E-state index < -0.39 is 16.0 Å². The van der Waals surface area contributed by atoms with Gasteiger partial charge in [0.2, 0.25) is 10.0 Å². The molecule has 106 valence electrons. The maximum Gasteiger partial charge on any atom is 0.335 e. The molecular weight excluding hydrogens is 280 g/mol. The average Bonchev–Trinajstić information content (AvgIpc) is 2.82. The molecule has 0 saturated heterocycles. The first-order chi connectivity index (χ1) is 9.40. The Morgan fingerprint density at radius 2 is 2.05 bits per heavy atom. The molecular formula is C13H14N2O4S. The van der Waals surface area contributed by atoms with Crippen LogP contribution >= 0.6 is 0 Å². The summed E-state index contributed by atoms with van der Waals surface area (Å²) in [6.45, 7) is 0.142. The molecule has 0 saturated carbocycles. The van der Waals surface area contributed by atoms with Crippen LogP contribution in [0.4, 0.5) is 0 Å². The number of carbonyl (C=O) groups is 1. The predicted octanol–water partition coefficient (Wildman–Crippen LogP) is 1.20. The molecule has 1 heterocycles. The van der Waals surface area contributed by atoms with Gasteiger partial charge in [-0.05, 0) is 30.3 Å². The fraction of sp³-hybridized carbons (Fsp3) is 0.154. The Bertz CT molecular complexity index is 734. The van der Waals surface area contributed by atoms with Crippen molar-refractivity contribution in [1.82, 2.24) is 9.29 Å². The maximum absolute atomic E-state index is 12.1. The van der Waals surface area contributed by atoms with Gasteiger partial charge in [0.05, 0.1) is 17.0 Å². The van der Waals surface area contributed by atoms with E-state index in [0.717, 1.165) is 11.8 Å². The summed E-state index contributed by atoms with van der Waals surface area (Å²) < 4.78 is 28.4. The number of hydrogen-bond donors (Lipinski definition) is 2. The maximum atomic E-state index is 12.1. The van der Waals surface area contributed by atoms with Crippen molar-refractivity contribution >= 4 is 16.0 Å². The highest BCUT2D eigenvalue weighted by Gasteiger charge is 2.16. The summed E-state index contributed by atoms with van der Waals surface area (Å²) in [6.07, 6.45) is 1.81. The molecule has 7 heteroatoms. The van der Waals surface area contributed by atoms with E-state index in [2.05, 4.69) is 4.72 Å². The van der Waals surface area contributed by atoms with Crippen LogP contribution in [0.5, 0.6) is 0 Å². The highest BCUT2D eigenvalue weighted by Crippen LogP contribution is 2.12. The summed E-state index contributed by atoms with van der Waals surface area (Å²) >= 11 is 0. The van der Waals surface area contributed by atoms with Crippen molar-refractivity contribution < 1.29 is 18.3 Å². The van der Waals surface area contributed by atoms with Gasteiger partial charge in [0.15, 0.2) is 0 Å². The second-order valence-corrected chi connectivity index (χ2v) is 6.03. The van der Waals surface area contributed by atoms with E-state index in [9.17, 15) is 13.2 Å². The number of hydrogen-bond acceptors (Lipinski definition) is 3. The number of aryl methyl sites for hydroxylation is 1. The summed E-state index contributed by atoms with van der Waals surface area (Å²) in [6, 6.07) is 8.86. The van der Waals surface area contributed by atoms with Crippen molar-refractivity contribution in [3.8, 4) is 0 Å². The van der Waals surface area contributed by atoms with Crippen molar-refractivity contribution in [2.75, 3.05) is 0 Å². The van der Waals surface area contributed by atoms with Crippen LogP contribution in [0, 0.1) is 0 Å². The first-order valence-electron chi connectivity index (χ1n) is 5.83. The SMILES string of the molecule is Cn1cccc1CNS(=O)(=O)c1cccc(C(=O)O)c1. The van der Waals surface area contributed by atoms with Gasteiger partial charge in [-0.3, -0.25) is 0 Å². The Kier molecular flexibility index (Phi) is 3.91. The Morgan fingerprint density at radius 3 is 2.65 bits per heavy atom.